The number of ether oxygens (including phenoxy) is 1. The van der Waals surface area contributed by atoms with E-state index in [1.54, 1.807) is 6.07 Å². The Balaban J connectivity index is 1.63. The zero-order valence-electron chi connectivity index (χ0n) is 13.8. The standard InChI is InChI=1S/C18H19FN2O3S/c1-11-7-15(21-17(22)13-3-2-4-14(19)8-13)25-16(11)18(23)20-9-12-5-6-24-10-12/h2-4,7-8,12H,5-6,9-10H2,1H3,(H,20,23)(H,21,22)/t12-/m1/s1. The number of halogens is 1. The van der Waals surface area contributed by atoms with Gasteiger partial charge in [-0.3, -0.25) is 9.59 Å². The molecular weight excluding hydrogens is 343 g/mol. The molecule has 0 radical (unpaired) electrons. The van der Waals surface area contributed by atoms with Crippen LogP contribution in [-0.2, 0) is 4.74 Å². The van der Waals surface area contributed by atoms with Gasteiger partial charge in [0.2, 0.25) is 0 Å². The van der Waals surface area contributed by atoms with Crippen molar-refractivity contribution in [3.8, 4) is 0 Å². The quantitative estimate of drug-likeness (QED) is 0.858. The first-order valence-corrected chi connectivity index (χ1v) is 8.88. The molecule has 25 heavy (non-hydrogen) atoms. The van der Waals surface area contributed by atoms with Crippen molar-refractivity contribution < 1.29 is 18.7 Å². The number of nitrogens with one attached hydrogen (secondary N) is 2. The van der Waals surface area contributed by atoms with Crippen LogP contribution in [0.25, 0.3) is 0 Å². The Morgan fingerprint density at radius 2 is 2.16 bits per heavy atom. The van der Waals surface area contributed by atoms with Gasteiger partial charge in [0.1, 0.15) is 5.82 Å². The number of benzene rings is 1. The van der Waals surface area contributed by atoms with Gasteiger partial charge in [0, 0.05) is 24.6 Å². The number of amides is 2. The van der Waals surface area contributed by atoms with E-state index in [0.717, 1.165) is 18.6 Å². The molecule has 2 amide bonds. The number of hydrogen-bond acceptors (Lipinski definition) is 4. The predicted octanol–water partition coefficient (Wildman–Crippen LogP) is 3.21. The zero-order valence-corrected chi connectivity index (χ0v) is 14.6. The second kappa shape index (κ2) is 7.76. The molecule has 1 saturated heterocycles. The van der Waals surface area contributed by atoms with Crippen LogP contribution in [0.4, 0.5) is 9.39 Å². The molecule has 7 heteroatoms. The normalized spacial score (nSPS) is 16.6. The largest absolute Gasteiger partial charge is 0.381 e. The van der Waals surface area contributed by atoms with E-state index in [2.05, 4.69) is 10.6 Å². The van der Waals surface area contributed by atoms with Crippen molar-refractivity contribution in [1.82, 2.24) is 5.32 Å². The number of rotatable bonds is 5. The Bertz CT molecular complexity index is 784. The van der Waals surface area contributed by atoms with E-state index in [4.69, 9.17) is 4.74 Å². The van der Waals surface area contributed by atoms with Crippen LogP contribution in [0.2, 0.25) is 0 Å². The Morgan fingerprint density at radius 3 is 2.88 bits per heavy atom. The average Bonchev–Trinajstić information content (AvgIpc) is 3.22. The first-order chi connectivity index (χ1) is 12.0. The number of thiophene rings is 1. The lowest BCUT2D eigenvalue weighted by Crippen LogP contribution is -2.29. The highest BCUT2D eigenvalue weighted by Crippen LogP contribution is 2.27. The van der Waals surface area contributed by atoms with Gasteiger partial charge in [0.05, 0.1) is 16.5 Å². The van der Waals surface area contributed by atoms with Crippen LogP contribution in [0, 0.1) is 18.7 Å². The van der Waals surface area contributed by atoms with Crippen LogP contribution in [0.15, 0.2) is 30.3 Å². The van der Waals surface area contributed by atoms with Crippen molar-refractivity contribution in [2.75, 3.05) is 25.1 Å². The van der Waals surface area contributed by atoms with Gasteiger partial charge >= 0.3 is 0 Å². The Kier molecular flexibility index (Phi) is 5.45. The molecule has 2 N–H and O–H groups in total. The summed E-state index contributed by atoms with van der Waals surface area (Å²) in [6, 6.07) is 7.22. The Hall–Kier alpha value is -2.25. The second-order valence-electron chi connectivity index (χ2n) is 6.03. The minimum atomic E-state index is -0.467. The molecule has 2 heterocycles. The molecule has 0 unspecified atom stereocenters. The third-order valence-corrected chi connectivity index (χ3v) is 5.17. The lowest BCUT2D eigenvalue weighted by molar-refractivity contribution is 0.0947. The molecule has 1 atom stereocenters. The molecule has 1 aliphatic rings. The average molecular weight is 362 g/mol. The Labute approximate surface area is 149 Å². The summed E-state index contributed by atoms with van der Waals surface area (Å²) in [6.45, 7) is 3.83. The van der Waals surface area contributed by atoms with Crippen LogP contribution in [0.3, 0.4) is 0 Å². The Morgan fingerprint density at radius 1 is 1.32 bits per heavy atom. The zero-order chi connectivity index (χ0) is 17.8. The summed E-state index contributed by atoms with van der Waals surface area (Å²) >= 11 is 1.21. The van der Waals surface area contributed by atoms with Crippen molar-refractivity contribution in [2.24, 2.45) is 5.92 Å². The topological polar surface area (TPSA) is 67.4 Å². The highest BCUT2D eigenvalue weighted by molar-refractivity contribution is 7.18. The van der Waals surface area contributed by atoms with E-state index in [0.29, 0.717) is 28.9 Å². The minimum absolute atomic E-state index is 0.152. The van der Waals surface area contributed by atoms with Gasteiger partial charge in [0.15, 0.2) is 0 Å². The summed E-state index contributed by atoms with van der Waals surface area (Å²) in [5.74, 6) is -0.668. The van der Waals surface area contributed by atoms with Gasteiger partial charge in [-0.15, -0.1) is 11.3 Å². The minimum Gasteiger partial charge on any atom is -0.381 e. The third kappa shape index (κ3) is 4.43. The van der Waals surface area contributed by atoms with Crippen LogP contribution in [0.5, 0.6) is 0 Å². The number of aryl methyl sites for hydroxylation is 1. The summed E-state index contributed by atoms with van der Waals surface area (Å²) < 4.78 is 18.5. The number of hydrogen-bond donors (Lipinski definition) is 2. The van der Waals surface area contributed by atoms with E-state index in [1.807, 2.05) is 6.92 Å². The van der Waals surface area contributed by atoms with Crippen LogP contribution in [0.1, 0.15) is 32.0 Å². The molecule has 1 aliphatic heterocycles. The molecule has 0 bridgehead atoms. The lowest BCUT2D eigenvalue weighted by atomic mass is 10.1. The van der Waals surface area contributed by atoms with Crippen LogP contribution >= 0.6 is 11.3 Å². The van der Waals surface area contributed by atoms with E-state index < -0.39 is 11.7 Å². The molecule has 1 fully saturated rings. The molecule has 2 aromatic rings. The fraction of sp³-hybridized carbons (Fsp3) is 0.333. The summed E-state index contributed by atoms with van der Waals surface area (Å²) in [4.78, 5) is 25.1. The van der Waals surface area contributed by atoms with E-state index >= 15 is 0 Å². The monoisotopic (exact) mass is 362 g/mol. The smallest absolute Gasteiger partial charge is 0.261 e. The van der Waals surface area contributed by atoms with Gasteiger partial charge in [-0.05, 0) is 43.2 Å². The summed E-state index contributed by atoms with van der Waals surface area (Å²) in [6.07, 6.45) is 0.957. The highest BCUT2D eigenvalue weighted by Gasteiger charge is 2.19. The van der Waals surface area contributed by atoms with Crippen molar-refractivity contribution in [3.05, 3.63) is 52.2 Å². The van der Waals surface area contributed by atoms with E-state index in [1.165, 1.54) is 35.6 Å². The van der Waals surface area contributed by atoms with Gasteiger partial charge < -0.3 is 15.4 Å². The van der Waals surface area contributed by atoms with Gasteiger partial charge in [0.25, 0.3) is 11.8 Å². The first-order valence-electron chi connectivity index (χ1n) is 8.06. The summed E-state index contributed by atoms with van der Waals surface area (Å²) in [7, 11) is 0. The van der Waals surface area contributed by atoms with Crippen molar-refractivity contribution in [1.29, 1.82) is 0 Å². The van der Waals surface area contributed by atoms with E-state index in [9.17, 15) is 14.0 Å². The summed E-state index contributed by atoms with van der Waals surface area (Å²) in [5, 5.41) is 6.18. The fourth-order valence-corrected chi connectivity index (χ4v) is 3.63. The number of carbonyl (C=O) groups is 2. The van der Waals surface area contributed by atoms with E-state index in [-0.39, 0.29) is 11.5 Å². The molecular formula is C18H19FN2O3S. The molecule has 5 nitrogen and oxygen atoms in total. The first kappa shape index (κ1) is 17.6. The molecule has 132 valence electrons. The molecule has 0 aliphatic carbocycles. The number of anilines is 1. The fourth-order valence-electron chi connectivity index (χ4n) is 2.64. The number of carbonyl (C=O) groups excluding carboxylic acids is 2. The maximum absolute atomic E-state index is 13.2. The lowest BCUT2D eigenvalue weighted by Gasteiger charge is -2.08. The molecule has 0 spiro atoms. The maximum Gasteiger partial charge on any atom is 0.261 e. The van der Waals surface area contributed by atoms with Crippen molar-refractivity contribution >= 4 is 28.2 Å². The van der Waals surface area contributed by atoms with Crippen molar-refractivity contribution in [2.45, 2.75) is 13.3 Å². The van der Waals surface area contributed by atoms with Gasteiger partial charge in [-0.2, -0.15) is 0 Å². The molecule has 0 saturated carbocycles. The van der Waals surface area contributed by atoms with Crippen LogP contribution < -0.4 is 10.6 Å². The molecule has 1 aromatic carbocycles. The van der Waals surface area contributed by atoms with Gasteiger partial charge in [-0.1, -0.05) is 6.07 Å². The highest BCUT2D eigenvalue weighted by atomic mass is 32.1. The predicted molar refractivity (Wildman–Crippen MR) is 94.7 cm³/mol. The summed E-state index contributed by atoms with van der Waals surface area (Å²) in [5.41, 5.74) is 1.03. The van der Waals surface area contributed by atoms with Crippen molar-refractivity contribution in [3.63, 3.8) is 0 Å². The molecule has 1 aromatic heterocycles. The SMILES string of the molecule is Cc1cc(NC(=O)c2cccc(F)c2)sc1C(=O)NC[C@H]1CCOC1. The van der Waals surface area contributed by atoms with Gasteiger partial charge in [-0.25, -0.2) is 4.39 Å². The maximum atomic E-state index is 13.2. The second-order valence-corrected chi connectivity index (χ2v) is 7.08. The molecule has 3 rings (SSSR count). The third-order valence-electron chi connectivity index (χ3n) is 4.02. The van der Waals surface area contributed by atoms with Crippen LogP contribution in [-0.4, -0.2) is 31.6 Å².